The van der Waals surface area contributed by atoms with Crippen molar-refractivity contribution in [2.45, 2.75) is 64.5 Å². The van der Waals surface area contributed by atoms with Gasteiger partial charge in [-0.1, -0.05) is 25.8 Å². The highest BCUT2D eigenvalue weighted by Crippen LogP contribution is 2.31. The van der Waals surface area contributed by atoms with Crippen LogP contribution >= 0.6 is 0 Å². The van der Waals surface area contributed by atoms with Crippen molar-refractivity contribution in [3.63, 3.8) is 0 Å². The van der Waals surface area contributed by atoms with Crippen LogP contribution in [-0.4, -0.2) is 11.1 Å². The number of rotatable bonds is 4. The average Bonchev–Trinajstić information content (AvgIpc) is 2.96. The lowest BCUT2D eigenvalue weighted by Gasteiger charge is -2.29. The van der Waals surface area contributed by atoms with Crippen LogP contribution in [0.1, 0.15) is 62.7 Å². The first-order valence-electron chi connectivity index (χ1n) is 8.25. The molecule has 20 heavy (non-hydrogen) atoms. The summed E-state index contributed by atoms with van der Waals surface area (Å²) >= 11 is 0. The third-order valence-electron chi connectivity index (χ3n) is 4.98. The molecule has 0 amide bonds. The van der Waals surface area contributed by atoms with Gasteiger partial charge in [0.15, 0.2) is 0 Å². The van der Waals surface area contributed by atoms with E-state index in [0.29, 0.717) is 6.04 Å². The summed E-state index contributed by atoms with van der Waals surface area (Å²) in [7, 11) is 0. The Bertz CT molecular complexity index is 514. The van der Waals surface area contributed by atoms with Gasteiger partial charge in [0, 0.05) is 24.3 Å². The number of nitrogens with one attached hydrogen (secondary N) is 1. The fraction of sp³-hybridized carbons (Fsp3) is 0.706. The average molecular weight is 274 g/mol. The highest BCUT2D eigenvalue weighted by atomic mass is 16.1. The van der Waals surface area contributed by atoms with E-state index in [1.54, 1.807) is 6.07 Å². The summed E-state index contributed by atoms with van der Waals surface area (Å²) in [5.74, 6) is 0.721. The third kappa shape index (κ3) is 2.69. The van der Waals surface area contributed by atoms with Crippen LogP contribution in [0.4, 0.5) is 0 Å². The van der Waals surface area contributed by atoms with Crippen LogP contribution in [0.3, 0.4) is 0 Å². The Hall–Kier alpha value is -1.09. The molecule has 3 nitrogen and oxygen atoms in total. The van der Waals surface area contributed by atoms with E-state index in [1.165, 1.54) is 49.8 Å². The number of pyridine rings is 1. The number of hydrogen-bond acceptors (Lipinski definition) is 2. The van der Waals surface area contributed by atoms with Crippen LogP contribution in [-0.2, 0) is 13.0 Å². The molecule has 0 radical (unpaired) electrons. The molecule has 1 aromatic rings. The molecule has 1 saturated carbocycles. The van der Waals surface area contributed by atoms with Gasteiger partial charge < -0.3 is 9.88 Å². The molecule has 1 aromatic heterocycles. The Labute approximate surface area is 121 Å². The standard InChI is InChI=1S/C17H26N2O/c1-2-18-15-8-5-9-16-14(15)10-11-17(20)19(16)12-13-6-3-4-7-13/h10-11,13,15,18H,2-9,12H2,1H3. The maximum Gasteiger partial charge on any atom is 0.250 e. The van der Waals surface area contributed by atoms with Crippen molar-refractivity contribution in [3.8, 4) is 0 Å². The minimum atomic E-state index is 0.202. The highest BCUT2D eigenvalue weighted by molar-refractivity contribution is 5.27. The lowest BCUT2D eigenvalue weighted by atomic mass is 9.90. The molecule has 1 N–H and O–H groups in total. The topological polar surface area (TPSA) is 34.0 Å². The van der Waals surface area contributed by atoms with Gasteiger partial charge >= 0.3 is 0 Å². The summed E-state index contributed by atoms with van der Waals surface area (Å²) in [6.45, 7) is 4.09. The monoisotopic (exact) mass is 274 g/mol. The maximum absolute atomic E-state index is 12.3. The van der Waals surface area contributed by atoms with Gasteiger partial charge in [-0.25, -0.2) is 0 Å². The molecule has 1 unspecified atom stereocenters. The Morgan fingerprint density at radius 1 is 1.20 bits per heavy atom. The van der Waals surface area contributed by atoms with Crippen molar-refractivity contribution < 1.29 is 0 Å². The lowest BCUT2D eigenvalue weighted by molar-refractivity contribution is 0.408. The van der Waals surface area contributed by atoms with E-state index in [9.17, 15) is 4.79 Å². The van der Waals surface area contributed by atoms with Crippen molar-refractivity contribution >= 4 is 0 Å². The molecule has 1 heterocycles. The van der Waals surface area contributed by atoms with E-state index in [0.717, 1.165) is 25.4 Å². The van der Waals surface area contributed by atoms with Crippen molar-refractivity contribution in [1.29, 1.82) is 0 Å². The lowest BCUT2D eigenvalue weighted by Crippen LogP contribution is -2.32. The molecule has 2 aliphatic carbocycles. The summed E-state index contributed by atoms with van der Waals surface area (Å²) in [5, 5.41) is 3.57. The van der Waals surface area contributed by atoms with Crippen LogP contribution in [0.2, 0.25) is 0 Å². The Kier molecular flexibility index (Phi) is 4.25. The first-order chi connectivity index (χ1) is 9.79. The molecule has 1 atom stereocenters. The fourth-order valence-corrected chi connectivity index (χ4v) is 3.97. The van der Waals surface area contributed by atoms with Crippen molar-refractivity contribution in [2.24, 2.45) is 5.92 Å². The molecule has 0 saturated heterocycles. The summed E-state index contributed by atoms with van der Waals surface area (Å²) in [6, 6.07) is 4.29. The zero-order valence-corrected chi connectivity index (χ0v) is 12.5. The molecule has 110 valence electrons. The molecule has 0 aliphatic heterocycles. The molecule has 0 aromatic carbocycles. The minimum absolute atomic E-state index is 0.202. The van der Waals surface area contributed by atoms with E-state index in [4.69, 9.17) is 0 Å². The van der Waals surface area contributed by atoms with E-state index < -0.39 is 0 Å². The van der Waals surface area contributed by atoms with Gasteiger partial charge in [-0.2, -0.15) is 0 Å². The van der Waals surface area contributed by atoms with Gasteiger partial charge in [0.1, 0.15) is 0 Å². The first-order valence-corrected chi connectivity index (χ1v) is 8.25. The molecule has 0 spiro atoms. The highest BCUT2D eigenvalue weighted by Gasteiger charge is 2.24. The van der Waals surface area contributed by atoms with Crippen LogP contribution < -0.4 is 10.9 Å². The van der Waals surface area contributed by atoms with Crippen LogP contribution in [0, 0.1) is 5.92 Å². The molecule has 3 heteroatoms. The Balaban J connectivity index is 1.92. The quantitative estimate of drug-likeness (QED) is 0.915. The van der Waals surface area contributed by atoms with Crippen molar-refractivity contribution in [1.82, 2.24) is 9.88 Å². The molecule has 2 aliphatic rings. The summed E-state index contributed by atoms with van der Waals surface area (Å²) in [6.07, 6.45) is 8.74. The van der Waals surface area contributed by atoms with Gasteiger partial charge in [-0.05, 0) is 50.1 Å². The summed E-state index contributed by atoms with van der Waals surface area (Å²) in [4.78, 5) is 12.3. The Morgan fingerprint density at radius 3 is 2.75 bits per heavy atom. The van der Waals surface area contributed by atoms with Crippen LogP contribution in [0.15, 0.2) is 16.9 Å². The molecular weight excluding hydrogens is 248 g/mol. The number of nitrogens with zero attached hydrogens (tertiary/aromatic N) is 1. The molecular formula is C17H26N2O. The smallest absolute Gasteiger partial charge is 0.250 e. The van der Waals surface area contributed by atoms with Gasteiger partial charge in [-0.3, -0.25) is 4.79 Å². The van der Waals surface area contributed by atoms with Gasteiger partial charge in [0.2, 0.25) is 0 Å². The number of fused-ring (bicyclic) bond motifs is 1. The second kappa shape index (κ2) is 6.13. The van der Waals surface area contributed by atoms with E-state index in [-0.39, 0.29) is 5.56 Å². The summed E-state index contributed by atoms with van der Waals surface area (Å²) < 4.78 is 2.09. The minimum Gasteiger partial charge on any atom is -0.312 e. The molecule has 3 rings (SSSR count). The number of aromatic nitrogens is 1. The maximum atomic E-state index is 12.3. The van der Waals surface area contributed by atoms with Crippen LogP contribution in [0.5, 0.6) is 0 Å². The predicted molar refractivity (Wildman–Crippen MR) is 82.0 cm³/mol. The zero-order chi connectivity index (χ0) is 13.9. The molecule has 1 fully saturated rings. The second-order valence-electron chi connectivity index (χ2n) is 6.34. The van der Waals surface area contributed by atoms with Gasteiger partial charge in [-0.15, -0.1) is 0 Å². The SMILES string of the molecule is CCNC1CCCc2c1ccc(=O)n2CC1CCCC1. The summed E-state index contributed by atoms with van der Waals surface area (Å²) in [5.41, 5.74) is 2.88. The largest absolute Gasteiger partial charge is 0.312 e. The van der Waals surface area contributed by atoms with Crippen molar-refractivity contribution in [2.75, 3.05) is 6.54 Å². The Morgan fingerprint density at radius 2 is 2.00 bits per heavy atom. The van der Waals surface area contributed by atoms with E-state index >= 15 is 0 Å². The predicted octanol–water partition coefficient (Wildman–Crippen LogP) is 3.03. The normalized spacial score (nSPS) is 22.9. The van der Waals surface area contributed by atoms with Crippen LogP contribution in [0.25, 0.3) is 0 Å². The molecule has 0 bridgehead atoms. The number of hydrogen-bond donors (Lipinski definition) is 1. The van der Waals surface area contributed by atoms with Crippen molar-refractivity contribution in [3.05, 3.63) is 33.7 Å². The van der Waals surface area contributed by atoms with Gasteiger partial charge in [0.05, 0.1) is 0 Å². The second-order valence-corrected chi connectivity index (χ2v) is 6.34. The third-order valence-corrected chi connectivity index (χ3v) is 4.98. The zero-order valence-electron chi connectivity index (χ0n) is 12.5. The van der Waals surface area contributed by atoms with E-state index in [2.05, 4.69) is 22.9 Å². The fourth-order valence-electron chi connectivity index (χ4n) is 3.97. The first kappa shape index (κ1) is 13.9. The van der Waals surface area contributed by atoms with Gasteiger partial charge in [0.25, 0.3) is 5.56 Å². The van der Waals surface area contributed by atoms with E-state index in [1.807, 2.05) is 0 Å².